The Labute approximate surface area is 120 Å². The summed E-state index contributed by atoms with van der Waals surface area (Å²) in [5.41, 5.74) is 9.00. The summed E-state index contributed by atoms with van der Waals surface area (Å²) in [7, 11) is 2.09. The maximum absolute atomic E-state index is 12.8. The molecule has 0 heterocycles. The second kappa shape index (κ2) is 7.06. The van der Waals surface area contributed by atoms with E-state index in [0.717, 1.165) is 37.2 Å². The average molecular weight is 272 g/mol. The topological polar surface area (TPSA) is 29.3 Å². The van der Waals surface area contributed by atoms with Crippen LogP contribution in [0.3, 0.4) is 0 Å². The Kier molecular flexibility index (Phi) is 5.13. The normalized spacial score (nSPS) is 10.9. The van der Waals surface area contributed by atoms with Crippen molar-refractivity contribution in [3.8, 4) is 0 Å². The van der Waals surface area contributed by atoms with Crippen LogP contribution in [0.1, 0.15) is 17.5 Å². The molecule has 0 atom stereocenters. The minimum Gasteiger partial charge on any atom is -0.399 e. The molecule has 2 rings (SSSR count). The molecule has 2 N–H and O–H groups in total. The van der Waals surface area contributed by atoms with E-state index in [-0.39, 0.29) is 5.82 Å². The summed E-state index contributed by atoms with van der Waals surface area (Å²) in [6.45, 7) is 1.85. The summed E-state index contributed by atoms with van der Waals surface area (Å²) in [6, 6.07) is 14.7. The molecular formula is C17H21FN2. The van der Waals surface area contributed by atoms with Crippen molar-refractivity contribution >= 4 is 5.69 Å². The maximum Gasteiger partial charge on any atom is 0.123 e. The first-order valence-electron chi connectivity index (χ1n) is 6.91. The van der Waals surface area contributed by atoms with Crippen molar-refractivity contribution in [1.29, 1.82) is 0 Å². The van der Waals surface area contributed by atoms with Gasteiger partial charge in [0.15, 0.2) is 0 Å². The number of nitrogen functional groups attached to an aromatic ring is 1. The molecule has 20 heavy (non-hydrogen) atoms. The van der Waals surface area contributed by atoms with Gasteiger partial charge in [0.2, 0.25) is 0 Å². The van der Waals surface area contributed by atoms with E-state index in [1.165, 1.54) is 17.7 Å². The van der Waals surface area contributed by atoms with Gasteiger partial charge >= 0.3 is 0 Å². The summed E-state index contributed by atoms with van der Waals surface area (Å²) in [5.74, 6) is -0.182. The quantitative estimate of drug-likeness (QED) is 0.816. The Hall–Kier alpha value is -1.87. The summed E-state index contributed by atoms with van der Waals surface area (Å²) >= 11 is 0. The Morgan fingerprint density at radius 1 is 1.05 bits per heavy atom. The van der Waals surface area contributed by atoms with Crippen LogP contribution in [0, 0.1) is 5.82 Å². The van der Waals surface area contributed by atoms with Crippen LogP contribution < -0.4 is 5.73 Å². The van der Waals surface area contributed by atoms with Crippen LogP contribution in [0.2, 0.25) is 0 Å². The molecule has 0 aliphatic carbocycles. The summed E-state index contributed by atoms with van der Waals surface area (Å²) in [6.07, 6.45) is 2.11. The van der Waals surface area contributed by atoms with Crippen LogP contribution in [-0.2, 0) is 13.0 Å². The van der Waals surface area contributed by atoms with Crippen molar-refractivity contribution in [3.05, 3.63) is 65.5 Å². The molecule has 3 heteroatoms. The number of rotatable bonds is 6. The summed E-state index contributed by atoms with van der Waals surface area (Å²) in [5, 5.41) is 0. The molecule has 0 amide bonds. The molecule has 0 unspecified atom stereocenters. The molecule has 0 saturated heterocycles. The lowest BCUT2D eigenvalue weighted by molar-refractivity contribution is 0.322. The van der Waals surface area contributed by atoms with Gasteiger partial charge in [-0.05, 0) is 61.8 Å². The number of nitrogens with zero attached hydrogens (tertiary/aromatic N) is 1. The highest BCUT2D eigenvalue weighted by molar-refractivity contribution is 5.40. The Bertz CT molecular complexity index is 537. The van der Waals surface area contributed by atoms with Gasteiger partial charge in [-0.1, -0.05) is 24.3 Å². The van der Waals surface area contributed by atoms with E-state index in [4.69, 9.17) is 5.73 Å². The highest BCUT2D eigenvalue weighted by Crippen LogP contribution is 2.10. The van der Waals surface area contributed by atoms with Gasteiger partial charge in [-0.2, -0.15) is 0 Å². The van der Waals surface area contributed by atoms with Gasteiger partial charge in [0.1, 0.15) is 5.82 Å². The number of aryl methyl sites for hydroxylation is 1. The number of hydrogen-bond donors (Lipinski definition) is 1. The van der Waals surface area contributed by atoms with E-state index in [9.17, 15) is 4.39 Å². The summed E-state index contributed by atoms with van der Waals surface area (Å²) in [4.78, 5) is 2.25. The van der Waals surface area contributed by atoms with Crippen molar-refractivity contribution < 1.29 is 4.39 Å². The third-order valence-corrected chi connectivity index (χ3v) is 3.32. The van der Waals surface area contributed by atoms with Crippen molar-refractivity contribution in [2.75, 3.05) is 19.3 Å². The zero-order chi connectivity index (χ0) is 14.4. The van der Waals surface area contributed by atoms with Crippen molar-refractivity contribution in [2.24, 2.45) is 0 Å². The van der Waals surface area contributed by atoms with E-state index >= 15 is 0 Å². The molecule has 0 saturated carbocycles. The van der Waals surface area contributed by atoms with E-state index < -0.39 is 0 Å². The molecule has 0 bridgehead atoms. The first-order chi connectivity index (χ1) is 9.63. The van der Waals surface area contributed by atoms with Gasteiger partial charge in [0.05, 0.1) is 0 Å². The highest BCUT2D eigenvalue weighted by Gasteiger charge is 2.01. The Morgan fingerprint density at radius 3 is 2.50 bits per heavy atom. The third kappa shape index (κ3) is 4.67. The Morgan fingerprint density at radius 2 is 1.80 bits per heavy atom. The van der Waals surface area contributed by atoms with Crippen molar-refractivity contribution in [2.45, 2.75) is 19.4 Å². The van der Waals surface area contributed by atoms with Gasteiger partial charge in [-0.25, -0.2) is 4.39 Å². The SMILES string of the molecule is CN(CCCc1cccc(N)c1)Cc1ccc(F)cc1. The average Bonchev–Trinajstić information content (AvgIpc) is 2.41. The molecular weight excluding hydrogens is 251 g/mol. The van der Waals surface area contributed by atoms with Crippen LogP contribution in [0.15, 0.2) is 48.5 Å². The van der Waals surface area contributed by atoms with Crippen LogP contribution in [-0.4, -0.2) is 18.5 Å². The molecule has 106 valence electrons. The number of anilines is 1. The molecule has 0 aliphatic heterocycles. The maximum atomic E-state index is 12.8. The second-order valence-electron chi connectivity index (χ2n) is 5.21. The van der Waals surface area contributed by atoms with Crippen LogP contribution in [0.25, 0.3) is 0 Å². The molecule has 2 aromatic carbocycles. The molecule has 0 aliphatic rings. The van der Waals surface area contributed by atoms with E-state index in [0.29, 0.717) is 0 Å². The zero-order valence-corrected chi connectivity index (χ0v) is 11.8. The minimum atomic E-state index is -0.182. The molecule has 2 aromatic rings. The first kappa shape index (κ1) is 14.5. The van der Waals surface area contributed by atoms with Crippen LogP contribution >= 0.6 is 0 Å². The van der Waals surface area contributed by atoms with Gasteiger partial charge < -0.3 is 10.6 Å². The lowest BCUT2D eigenvalue weighted by Crippen LogP contribution is -2.19. The number of benzene rings is 2. The monoisotopic (exact) mass is 272 g/mol. The van der Waals surface area contributed by atoms with Gasteiger partial charge in [-0.3, -0.25) is 0 Å². The number of nitrogens with two attached hydrogens (primary N) is 1. The largest absolute Gasteiger partial charge is 0.399 e. The predicted molar refractivity (Wildman–Crippen MR) is 81.9 cm³/mol. The zero-order valence-electron chi connectivity index (χ0n) is 11.8. The second-order valence-corrected chi connectivity index (χ2v) is 5.21. The lowest BCUT2D eigenvalue weighted by atomic mass is 10.1. The predicted octanol–water partition coefficient (Wildman–Crippen LogP) is 3.47. The van der Waals surface area contributed by atoms with E-state index in [1.54, 1.807) is 0 Å². The van der Waals surface area contributed by atoms with E-state index in [1.807, 2.05) is 30.3 Å². The van der Waals surface area contributed by atoms with E-state index in [2.05, 4.69) is 18.0 Å². The van der Waals surface area contributed by atoms with Crippen LogP contribution in [0.5, 0.6) is 0 Å². The Balaban J connectivity index is 1.75. The fourth-order valence-corrected chi connectivity index (χ4v) is 2.28. The number of halogens is 1. The highest BCUT2D eigenvalue weighted by atomic mass is 19.1. The van der Waals surface area contributed by atoms with Crippen LogP contribution in [0.4, 0.5) is 10.1 Å². The van der Waals surface area contributed by atoms with Crippen molar-refractivity contribution in [3.63, 3.8) is 0 Å². The first-order valence-corrected chi connectivity index (χ1v) is 6.91. The lowest BCUT2D eigenvalue weighted by Gasteiger charge is -2.16. The molecule has 0 spiro atoms. The smallest absolute Gasteiger partial charge is 0.123 e. The standard InChI is InChI=1S/C17H21FN2/c1-20(13-15-7-9-16(18)10-8-15)11-3-5-14-4-2-6-17(19)12-14/h2,4,6-10,12H,3,5,11,13,19H2,1H3. The molecule has 0 fully saturated rings. The van der Waals surface area contributed by atoms with Gasteiger partial charge in [0, 0.05) is 12.2 Å². The fraction of sp³-hybridized carbons (Fsp3) is 0.294. The summed E-state index contributed by atoms with van der Waals surface area (Å²) < 4.78 is 12.8. The number of hydrogen-bond acceptors (Lipinski definition) is 2. The molecule has 2 nitrogen and oxygen atoms in total. The fourth-order valence-electron chi connectivity index (χ4n) is 2.28. The molecule has 0 aromatic heterocycles. The van der Waals surface area contributed by atoms with Gasteiger partial charge in [0.25, 0.3) is 0 Å². The third-order valence-electron chi connectivity index (χ3n) is 3.32. The minimum absolute atomic E-state index is 0.182. The molecule has 0 radical (unpaired) electrons. The van der Waals surface area contributed by atoms with Gasteiger partial charge in [-0.15, -0.1) is 0 Å². The van der Waals surface area contributed by atoms with Crippen molar-refractivity contribution in [1.82, 2.24) is 4.90 Å².